The van der Waals surface area contributed by atoms with Gasteiger partial charge in [-0.1, -0.05) is 27.7 Å². The van der Waals surface area contributed by atoms with E-state index in [1.807, 2.05) is 42.6 Å². The minimum atomic E-state index is 0.0530. The van der Waals surface area contributed by atoms with Crippen LogP contribution in [0.15, 0.2) is 0 Å². The molecule has 4 amide bonds. The van der Waals surface area contributed by atoms with Crippen LogP contribution in [0, 0.1) is 0 Å². The molecule has 0 aromatic heterocycles. The smallest absolute Gasteiger partial charge is 0.320 e. The molecule has 0 atom stereocenters. The van der Waals surface area contributed by atoms with Crippen molar-refractivity contribution in [2.75, 3.05) is 132 Å². The Bertz CT molecular complexity index is 618. The van der Waals surface area contributed by atoms with Crippen molar-refractivity contribution in [2.45, 2.75) is 40.5 Å². The number of β-amino-alcohol motifs (C(OH)–C–C–N with tert-alkyl or cyclic N) is 1. The van der Waals surface area contributed by atoms with Gasteiger partial charge in [-0.25, -0.2) is 9.59 Å². The van der Waals surface area contributed by atoms with Crippen molar-refractivity contribution < 1.29 is 14.7 Å². The molecule has 3 saturated heterocycles. The van der Waals surface area contributed by atoms with Gasteiger partial charge in [0.1, 0.15) is 0 Å². The summed E-state index contributed by atoms with van der Waals surface area (Å²) in [6, 6.07) is 0.294. The molecule has 0 spiro atoms. The fourth-order valence-corrected chi connectivity index (χ4v) is 4.41. The average molecular weight is 574 g/mol. The van der Waals surface area contributed by atoms with E-state index in [0.29, 0.717) is 6.54 Å². The summed E-state index contributed by atoms with van der Waals surface area (Å²) in [7, 11) is 4.06. The average Bonchev–Trinajstić information content (AvgIpc) is 3.50. The van der Waals surface area contributed by atoms with Crippen LogP contribution in [0.1, 0.15) is 40.5 Å². The van der Waals surface area contributed by atoms with E-state index in [-0.39, 0.29) is 18.7 Å². The summed E-state index contributed by atoms with van der Waals surface area (Å²) in [5, 5.41) is 15.3. The molecule has 238 valence electrons. The summed E-state index contributed by atoms with van der Waals surface area (Å²) in [6.45, 7) is 23.6. The molecule has 0 aromatic rings. The fraction of sp³-hybridized carbons (Fsp3) is 0.929. The molecule has 0 aromatic carbocycles. The number of likely N-dealkylation sites (N-methyl/N-ethyl adjacent to an activating group) is 1. The number of rotatable bonds is 14. The van der Waals surface area contributed by atoms with Crippen LogP contribution in [0.3, 0.4) is 0 Å². The molecule has 0 bridgehead atoms. The van der Waals surface area contributed by atoms with Gasteiger partial charge in [-0.3, -0.25) is 4.90 Å². The zero-order valence-electron chi connectivity index (χ0n) is 26.7. The first-order valence-electron chi connectivity index (χ1n) is 15.5. The molecule has 0 unspecified atom stereocenters. The van der Waals surface area contributed by atoms with Crippen molar-refractivity contribution in [3.8, 4) is 0 Å². The highest BCUT2D eigenvalue weighted by Gasteiger charge is 2.28. The molecule has 0 aliphatic carbocycles. The van der Waals surface area contributed by atoms with Crippen LogP contribution in [-0.4, -0.2) is 179 Å². The number of aliphatic hydroxyl groups excluding tert-OH is 1. The second kappa shape index (κ2) is 25.0. The number of piperazine rings is 1. The summed E-state index contributed by atoms with van der Waals surface area (Å²) in [5.41, 5.74) is 5.21. The van der Waals surface area contributed by atoms with Crippen LogP contribution in [0.5, 0.6) is 0 Å². The topological polar surface area (TPSA) is 124 Å². The van der Waals surface area contributed by atoms with E-state index < -0.39 is 0 Å². The summed E-state index contributed by atoms with van der Waals surface area (Å²) in [6.07, 6.45) is 2.24. The Kier molecular flexibility index (Phi) is 24.0. The number of hydrogen-bond donors (Lipinski definition) is 4. The third-order valence-corrected chi connectivity index (χ3v) is 6.69. The minimum absolute atomic E-state index is 0.0530. The number of aliphatic hydroxyl groups is 1. The van der Waals surface area contributed by atoms with Gasteiger partial charge in [0.2, 0.25) is 0 Å². The molecule has 5 N–H and O–H groups in total. The molecule has 40 heavy (non-hydrogen) atoms. The Labute approximate surface area is 245 Å². The highest BCUT2D eigenvalue weighted by molar-refractivity contribution is 5.76. The van der Waals surface area contributed by atoms with Gasteiger partial charge in [0.15, 0.2) is 0 Å². The zero-order chi connectivity index (χ0) is 30.2. The van der Waals surface area contributed by atoms with E-state index >= 15 is 0 Å². The molecular weight excluding hydrogens is 510 g/mol. The molecule has 3 fully saturated rings. The number of nitrogens with one attached hydrogen (secondary N) is 2. The molecule has 3 aliphatic rings. The number of amides is 4. The van der Waals surface area contributed by atoms with E-state index in [0.717, 1.165) is 111 Å². The normalized spacial score (nSPS) is 17.4. The lowest BCUT2D eigenvalue weighted by molar-refractivity contribution is 0.169. The number of nitrogens with zero attached hydrogens (tertiary/aromatic N) is 6. The monoisotopic (exact) mass is 574 g/mol. The number of urea groups is 2. The van der Waals surface area contributed by atoms with E-state index in [9.17, 15) is 9.59 Å². The zero-order valence-corrected chi connectivity index (χ0v) is 26.7. The van der Waals surface area contributed by atoms with E-state index in [1.165, 1.54) is 6.42 Å². The van der Waals surface area contributed by atoms with Gasteiger partial charge in [-0.15, -0.1) is 0 Å². The van der Waals surface area contributed by atoms with Gasteiger partial charge in [-0.05, 0) is 33.5 Å². The maximum Gasteiger partial charge on any atom is 0.320 e. The van der Waals surface area contributed by atoms with Crippen LogP contribution in [0.25, 0.3) is 0 Å². The van der Waals surface area contributed by atoms with Gasteiger partial charge < -0.3 is 46.0 Å². The van der Waals surface area contributed by atoms with Crippen molar-refractivity contribution in [2.24, 2.45) is 5.73 Å². The van der Waals surface area contributed by atoms with Crippen LogP contribution in [0.4, 0.5) is 9.59 Å². The summed E-state index contributed by atoms with van der Waals surface area (Å²) >= 11 is 0. The molecule has 0 saturated carbocycles. The van der Waals surface area contributed by atoms with Gasteiger partial charge in [0.05, 0.1) is 6.61 Å². The quantitative estimate of drug-likeness (QED) is 0.219. The van der Waals surface area contributed by atoms with Crippen molar-refractivity contribution >= 4 is 12.1 Å². The van der Waals surface area contributed by atoms with E-state index in [1.54, 1.807) is 4.90 Å². The van der Waals surface area contributed by atoms with Gasteiger partial charge in [0, 0.05) is 105 Å². The Morgan fingerprint density at radius 2 is 1.30 bits per heavy atom. The summed E-state index contributed by atoms with van der Waals surface area (Å²) < 4.78 is 0. The fourth-order valence-electron chi connectivity index (χ4n) is 4.41. The SMILES string of the molecule is CC.CCCN1CCN(CCN(C)C)C1=O.CCCNCCN.O=C1N(CCO)CCN1CCN1CCNCC1. The first-order chi connectivity index (χ1) is 19.4. The van der Waals surface area contributed by atoms with E-state index in [2.05, 4.69) is 34.3 Å². The molecule has 3 rings (SSSR count). The Hall–Kier alpha value is -1.70. The Balaban J connectivity index is 0.000000596. The number of carbonyl (C=O) groups excluding carboxylic acids is 2. The molecule has 3 aliphatic heterocycles. The van der Waals surface area contributed by atoms with Gasteiger partial charge in [0.25, 0.3) is 0 Å². The number of nitrogens with two attached hydrogens (primary N) is 1. The van der Waals surface area contributed by atoms with Crippen molar-refractivity contribution in [3.63, 3.8) is 0 Å². The predicted octanol–water partition coefficient (Wildman–Crippen LogP) is 0.288. The first kappa shape index (κ1) is 38.3. The molecule has 12 heteroatoms. The van der Waals surface area contributed by atoms with Gasteiger partial charge in [-0.2, -0.15) is 0 Å². The van der Waals surface area contributed by atoms with Crippen molar-refractivity contribution in [1.29, 1.82) is 0 Å². The molecule has 12 nitrogen and oxygen atoms in total. The number of carbonyl (C=O) groups is 2. The maximum absolute atomic E-state index is 11.9. The van der Waals surface area contributed by atoms with E-state index in [4.69, 9.17) is 10.8 Å². The van der Waals surface area contributed by atoms with Crippen LogP contribution in [-0.2, 0) is 0 Å². The lowest BCUT2D eigenvalue weighted by atomic mass is 10.3. The Morgan fingerprint density at radius 1 is 0.775 bits per heavy atom. The number of hydrogen-bond acceptors (Lipinski definition) is 8. The molecule has 0 radical (unpaired) electrons. The second-order valence-electron chi connectivity index (χ2n) is 10.2. The van der Waals surface area contributed by atoms with Crippen LogP contribution in [0.2, 0.25) is 0 Å². The van der Waals surface area contributed by atoms with Crippen molar-refractivity contribution in [1.82, 2.24) is 40.0 Å². The lowest BCUT2D eigenvalue weighted by Gasteiger charge is -2.28. The molecule has 3 heterocycles. The van der Waals surface area contributed by atoms with Crippen LogP contribution >= 0.6 is 0 Å². The second-order valence-corrected chi connectivity index (χ2v) is 10.2. The van der Waals surface area contributed by atoms with Crippen LogP contribution < -0.4 is 16.4 Å². The predicted molar refractivity (Wildman–Crippen MR) is 166 cm³/mol. The largest absolute Gasteiger partial charge is 0.395 e. The first-order valence-corrected chi connectivity index (χ1v) is 15.5. The Morgan fingerprint density at radius 3 is 1.77 bits per heavy atom. The highest BCUT2D eigenvalue weighted by atomic mass is 16.3. The lowest BCUT2D eigenvalue weighted by Crippen LogP contribution is -2.46. The summed E-state index contributed by atoms with van der Waals surface area (Å²) in [5.74, 6) is 0. The maximum atomic E-state index is 11.9. The van der Waals surface area contributed by atoms with Gasteiger partial charge >= 0.3 is 12.1 Å². The standard InChI is InChI=1S/C11H22N4O2.C10H21N3O.C5H14N2.C2H6/c16-10-9-15-8-7-14(11(15)17)6-5-13-3-1-12-2-4-13;1-4-5-12-8-9-13(10(12)14)7-6-11(2)3;1-2-4-7-5-3-6;1-2/h12,16H,1-10H2;4-9H2,1-3H3;7H,2-6H2,1H3;1-2H3. The summed E-state index contributed by atoms with van der Waals surface area (Å²) in [4.78, 5) is 35.6. The molecular formula is C28H63N9O3. The highest BCUT2D eigenvalue weighted by Crippen LogP contribution is 2.09. The minimum Gasteiger partial charge on any atom is -0.395 e. The third-order valence-electron chi connectivity index (χ3n) is 6.69. The van der Waals surface area contributed by atoms with Crippen molar-refractivity contribution in [3.05, 3.63) is 0 Å². The third kappa shape index (κ3) is 16.5.